The first kappa shape index (κ1) is 14.9. The summed E-state index contributed by atoms with van der Waals surface area (Å²) >= 11 is 0. The molecule has 0 aromatic heterocycles. The van der Waals surface area contributed by atoms with Crippen LogP contribution < -0.4 is 0 Å². The molecule has 0 heterocycles. The van der Waals surface area contributed by atoms with Crippen molar-refractivity contribution in [2.24, 2.45) is 17.8 Å². The van der Waals surface area contributed by atoms with E-state index in [4.69, 9.17) is 0 Å². The Balaban J connectivity index is 1.62. The molecule has 3 rings (SSSR count). The van der Waals surface area contributed by atoms with Crippen molar-refractivity contribution in [2.75, 3.05) is 0 Å². The largest absolute Gasteiger partial charge is 0.103 e. The molecule has 1 unspecified atom stereocenters. The third-order valence-corrected chi connectivity index (χ3v) is 5.98. The van der Waals surface area contributed by atoms with Crippen LogP contribution in [0, 0.1) is 17.8 Å². The van der Waals surface area contributed by atoms with E-state index in [0.717, 1.165) is 23.7 Å². The number of allylic oxidation sites excluding steroid dienone is 1. The van der Waals surface area contributed by atoms with Gasteiger partial charge >= 0.3 is 0 Å². The van der Waals surface area contributed by atoms with Gasteiger partial charge in [-0.2, -0.15) is 0 Å². The first-order valence-electron chi connectivity index (χ1n) is 9.01. The summed E-state index contributed by atoms with van der Waals surface area (Å²) in [5, 5.41) is 0. The smallest absolute Gasteiger partial charge is 0.0159 e. The fraction of sp³-hybridized carbons (Fsp3) is 0.619. The van der Waals surface area contributed by atoms with Gasteiger partial charge in [0.1, 0.15) is 0 Å². The SMILES string of the molecule is C=C[C@@H]1CC[C@@H]2CC(c3ccc(CCC)cc3)CC[C@@H]2C1. The lowest BCUT2D eigenvalue weighted by Crippen LogP contribution is -2.29. The molecule has 0 bridgehead atoms. The quantitative estimate of drug-likeness (QED) is 0.583. The van der Waals surface area contributed by atoms with Gasteiger partial charge in [0.2, 0.25) is 0 Å². The van der Waals surface area contributed by atoms with Crippen molar-refractivity contribution < 1.29 is 0 Å². The van der Waals surface area contributed by atoms with Crippen LogP contribution in [-0.2, 0) is 6.42 Å². The predicted octanol–water partition coefficient (Wildman–Crippen LogP) is 6.13. The number of hydrogen-bond acceptors (Lipinski definition) is 0. The van der Waals surface area contributed by atoms with E-state index in [0.29, 0.717) is 0 Å². The van der Waals surface area contributed by atoms with E-state index in [2.05, 4.69) is 43.8 Å². The summed E-state index contributed by atoms with van der Waals surface area (Å²) in [6.07, 6.45) is 13.2. The average Bonchev–Trinajstić information content (AvgIpc) is 2.55. The van der Waals surface area contributed by atoms with Crippen LogP contribution in [0.15, 0.2) is 36.9 Å². The van der Waals surface area contributed by atoms with Crippen LogP contribution in [0.1, 0.15) is 68.9 Å². The molecule has 114 valence electrons. The molecule has 2 aliphatic carbocycles. The Labute approximate surface area is 130 Å². The molecule has 1 aromatic carbocycles. The maximum Gasteiger partial charge on any atom is -0.0159 e. The zero-order chi connectivity index (χ0) is 14.7. The van der Waals surface area contributed by atoms with E-state index in [1.165, 1.54) is 56.9 Å². The normalized spacial score (nSPS) is 32.4. The van der Waals surface area contributed by atoms with Crippen LogP contribution >= 0.6 is 0 Å². The van der Waals surface area contributed by atoms with E-state index in [1.54, 1.807) is 5.56 Å². The molecule has 0 N–H and O–H groups in total. The molecule has 0 aliphatic heterocycles. The summed E-state index contributed by atoms with van der Waals surface area (Å²) in [5.74, 6) is 3.59. The Morgan fingerprint density at radius 2 is 1.71 bits per heavy atom. The molecule has 0 radical (unpaired) electrons. The van der Waals surface area contributed by atoms with Gasteiger partial charge in [0.25, 0.3) is 0 Å². The summed E-state index contributed by atoms with van der Waals surface area (Å²) in [6.45, 7) is 6.27. The van der Waals surface area contributed by atoms with E-state index in [1.807, 2.05) is 0 Å². The van der Waals surface area contributed by atoms with Gasteiger partial charge in [-0.25, -0.2) is 0 Å². The van der Waals surface area contributed by atoms with Crippen LogP contribution in [0.2, 0.25) is 0 Å². The number of fused-ring (bicyclic) bond motifs is 1. The minimum atomic E-state index is 0.802. The summed E-state index contributed by atoms with van der Waals surface area (Å²) in [4.78, 5) is 0. The van der Waals surface area contributed by atoms with Gasteiger partial charge < -0.3 is 0 Å². The maximum absolute atomic E-state index is 4.01. The van der Waals surface area contributed by atoms with Crippen LogP contribution in [0.4, 0.5) is 0 Å². The molecule has 2 aliphatic rings. The lowest BCUT2D eigenvalue weighted by molar-refractivity contribution is 0.133. The second-order valence-corrected chi connectivity index (χ2v) is 7.33. The van der Waals surface area contributed by atoms with E-state index in [-0.39, 0.29) is 0 Å². The van der Waals surface area contributed by atoms with E-state index < -0.39 is 0 Å². The lowest BCUT2D eigenvalue weighted by Gasteiger charge is -2.41. The van der Waals surface area contributed by atoms with Gasteiger partial charge in [-0.15, -0.1) is 6.58 Å². The Kier molecular flexibility index (Phi) is 4.83. The molecule has 0 saturated heterocycles. The summed E-state index contributed by atoms with van der Waals surface area (Å²) < 4.78 is 0. The van der Waals surface area contributed by atoms with Crippen LogP contribution in [-0.4, -0.2) is 0 Å². The molecule has 2 fully saturated rings. The third kappa shape index (κ3) is 3.42. The Bertz CT molecular complexity index is 455. The zero-order valence-electron chi connectivity index (χ0n) is 13.6. The molecule has 0 heteroatoms. The molecular weight excluding hydrogens is 252 g/mol. The van der Waals surface area contributed by atoms with Crippen LogP contribution in [0.5, 0.6) is 0 Å². The Hall–Kier alpha value is -1.04. The highest BCUT2D eigenvalue weighted by molar-refractivity contribution is 5.26. The van der Waals surface area contributed by atoms with Gasteiger partial charge in [0.05, 0.1) is 0 Å². The summed E-state index contributed by atoms with van der Waals surface area (Å²) in [6, 6.07) is 9.54. The topological polar surface area (TPSA) is 0 Å². The van der Waals surface area contributed by atoms with Crippen molar-refractivity contribution >= 4 is 0 Å². The first-order chi connectivity index (χ1) is 10.3. The maximum atomic E-state index is 4.01. The lowest BCUT2D eigenvalue weighted by atomic mass is 9.64. The molecule has 21 heavy (non-hydrogen) atoms. The highest BCUT2D eigenvalue weighted by Crippen LogP contribution is 2.47. The van der Waals surface area contributed by atoms with Crippen LogP contribution in [0.3, 0.4) is 0 Å². The van der Waals surface area contributed by atoms with Crippen LogP contribution in [0.25, 0.3) is 0 Å². The fourth-order valence-corrected chi connectivity index (χ4v) is 4.69. The number of benzene rings is 1. The van der Waals surface area contributed by atoms with Crippen molar-refractivity contribution in [1.82, 2.24) is 0 Å². The molecule has 2 saturated carbocycles. The summed E-state index contributed by atoms with van der Waals surface area (Å²) in [7, 11) is 0. The van der Waals surface area contributed by atoms with Gasteiger partial charge in [-0.1, -0.05) is 43.7 Å². The highest BCUT2D eigenvalue weighted by atomic mass is 14.4. The number of hydrogen-bond donors (Lipinski definition) is 0. The van der Waals surface area contributed by atoms with Gasteiger partial charge in [-0.3, -0.25) is 0 Å². The molecule has 1 aromatic rings. The molecule has 4 atom stereocenters. The Morgan fingerprint density at radius 3 is 2.43 bits per heavy atom. The van der Waals surface area contributed by atoms with Crippen molar-refractivity contribution in [3.63, 3.8) is 0 Å². The second kappa shape index (κ2) is 6.81. The molecule has 0 spiro atoms. The summed E-state index contributed by atoms with van der Waals surface area (Å²) in [5.41, 5.74) is 3.10. The van der Waals surface area contributed by atoms with Gasteiger partial charge in [0.15, 0.2) is 0 Å². The molecular formula is C21H30. The van der Waals surface area contributed by atoms with E-state index in [9.17, 15) is 0 Å². The predicted molar refractivity (Wildman–Crippen MR) is 91.5 cm³/mol. The first-order valence-corrected chi connectivity index (χ1v) is 9.01. The highest BCUT2D eigenvalue weighted by Gasteiger charge is 2.35. The number of aryl methyl sites for hydroxylation is 1. The van der Waals surface area contributed by atoms with Crippen molar-refractivity contribution in [2.45, 2.75) is 64.2 Å². The molecule has 0 nitrogen and oxygen atoms in total. The third-order valence-electron chi connectivity index (χ3n) is 5.98. The van der Waals surface area contributed by atoms with Crippen molar-refractivity contribution in [3.8, 4) is 0 Å². The van der Waals surface area contributed by atoms with Crippen molar-refractivity contribution in [3.05, 3.63) is 48.0 Å². The van der Waals surface area contributed by atoms with E-state index >= 15 is 0 Å². The minimum Gasteiger partial charge on any atom is -0.103 e. The monoisotopic (exact) mass is 282 g/mol. The van der Waals surface area contributed by atoms with Crippen molar-refractivity contribution in [1.29, 1.82) is 0 Å². The Morgan fingerprint density at radius 1 is 1.00 bits per heavy atom. The second-order valence-electron chi connectivity index (χ2n) is 7.33. The zero-order valence-corrected chi connectivity index (χ0v) is 13.6. The minimum absolute atomic E-state index is 0.802. The average molecular weight is 282 g/mol. The standard InChI is InChI=1S/C21H30/c1-3-5-17-7-9-18(10-8-17)20-13-12-19-14-16(4-2)6-11-21(19)15-20/h4,7-10,16,19-21H,2-3,5-6,11-15H2,1H3/t16-,19-,20?,21-/m1/s1. The number of rotatable bonds is 4. The molecule has 0 amide bonds. The fourth-order valence-electron chi connectivity index (χ4n) is 4.69. The van der Waals surface area contributed by atoms with Gasteiger partial charge in [0, 0.05) is 0 Å². The van der Waals surface area contributed by atoms with Gasteiger partial charge in [-0.05, 0) is 79.7 Å².